The van der Waals surface area contributed by atoms with E-state index in [4.69, 9.17) is 0 Å². The number of aromatic nitrogens is 1. The van der Waals surface area contributed by atoms with E-state index in [2.05, 4.69) is 17.1 Å². The molecule has 0 aliphatic carbocycles. The second-order valence-corrected chi connectivity index (χ2v) is 6.60. The van der Waals surface area contributed by atoms with Gasteiger partial charge in [0.2, 0.25) is 11.8 Å². The molecule has 2 heterocycles. The number of piperazine rings is 1. The zero-order valence-corrected chi connectivity index (χ0v) is 15.0. The van der Waals surface area contributed by atoms with E-state index < -0.39 is 0 Å². The number of benzene rings is 1. The van der Waals surface area contributed by atoms with Crippen LogP contribution >= 0.6 is 0 Å². The molecule has 0 N–H and O–H groups in total. The minimum atomic E-state index is 0.0832. The van der Waals surface area contributed by atoms with Crippen LogP contribution in [0.1, 0.15) is 24.1 Å². The van der Waals surface area contributed by atoms with Crippen LogP contribution in [0.3, 0.4) is 0 Å². The summed E-state index contributed by atoms with van der Waals surface area (Å²) in [6.45, 7) is 2.46. The summed E-state index contributed by atoms with van der Waals surface area (Å²) in [5.41, 5.74) is 2.06. The molecular weight excluding hydrogens is 326 g/mol. The highest BCUT2D eigenvalue weighted by Crippen LogP contribution is 2.10. The highest BCUT2D eigenvalue weighted by Gasteiger charge is 2.23. The fourth-order valence-electron chi connectivity index (χ4n) is 3.22. The SMILES string of the molecule is O=C(CCCc1ccccc1)N1CCN(C(=O)Cc2ccccn2)CC1. The number of carbonyl (C=O) groups excluding carboxylic acids is 2. The van der Waals surface area contributed by atoms with Gasteiger partial charge in [-0.1, -0.05) is 36.4 Å². The Morgan fingerprint density at radius 2 is 1.50 bits per heavy atom. The van der Waals surface area contributed by atoms with Gasteiger partial charge in [-0.05, 0) is 30.5 Å². The molecule has 0 spiro atoms. The summed E-state index contributed by atoms with van der Waals surface area (Å²) >= 11 is 0. The number of rotatable bonds is 6. The first-order chi connectivity index (χ1) is 12.7. The van der Waals surface area contributed by atoms with E-state index >= 15 is 0 Å². The van der Waals surface area contributed by atoms with E-state index in [9.17, 15) is 9.59 Å². The fraction of sp³-hybridized carbons (Fsp3) is 0.381. The maximum Gasteiger partial charge on any atom is 0.228 e. The molecule has 0 bridgehead atoms. The van der Waals surface area contributed by atoms with Crippen molar-refractivity contribution < 1.29 is 9.59 Å². The molecule has 5 nitrogen and oxygen atoms in total. The van der Waals surface area contributed by atoms with Crippen molar-refractivity contribution in [2.75, 3.05) is 26.2 Å². The van der Waals surface area contributed by atoms with Crippen LogP contribution in [0.25, 0.3) is 0 Å². The third-order valence-electron chi connectivity index (χ3n) is 4.74. The summed E-state index contributed by atoms with van der Waals surface area (Å²) in [5, 5.41) is 0. The quantitative estimate of drug-likeness (QED) is 0.803. The monoisotopic (exact) mass is 351 g/mol. The molecule has 3 rings (SSSR count). The first kappa shape index (κ1) is 18.1. The van der Waals surface area contributed by atoms with Crippen LogP contribution < -0.4 is 0 Å². The number of amides is 2. The molecule has 1 aliphatic rings. The normalized spacial score (nSPS) is 14.3. The Labute approximate surface area is 154 Å². The summed E-state index contributed by atoms with van der Waals surface area (Å²) in [6, 6.07) is 15.8. The Bertz CT molecular complexity index is 711. The van der Waals surface area contributed by atoms with Gasteiger partial charge in [0.1, 0.15) is 0 Å². The molecule has 5 heteroatoms. The highest BCUT2D eigenvalue weighted by molar-refractivity contribution is 5.79. The number of hydrogen-bond donors (Lipinski definition) is 0. The van der Waals surface area contributed by atoms with Crippen molar-refractivity contribution in [3.05, 3.63) is 66.0 Å². The van der Waals surface area contributed by atoms with Crippen molar-refractivity contribution in [2.24, 2.45) is 0 Å². The standard InChI is InChI=1S/C21H25N3O2/c25-20(11-6-9-18-7-2-1-3-8-18)23-13-15-24(16-14-23)21(26)17-19-10-4-5-12-22-19/h1-5,7-8,10,12H,6,9,11,13-17H2. The molecule has 26 heavy (non-hydrogen) atoms. The van der Waals surface area contributed by atoms with Gasteiger partial charge in [0, 0.05) is 44.5 Å². The van der Waals surface area contributed by atoms with Crippen molar-refractivity contribution >= 4 is 11.8 Å². The zero-order valence-electron chi connectivity index (χ0n) is 15.0. The predicted octanol–water partition coefficient (Wildman–Crippen LogP) is 2.32. The Kier molecular flexibility index (Phi) is 6.36. The van der Waals surface area contributed by atoms with Gasteiger partial charge in [0.25, 0.3) is 0 Å². The molecule has 1 aromatic carbocycles. The topological polar surface area (TPSA) is 53.5 Å². The maximum absolute atomic E-state index is 12.4. The van der Waals surface area contributed by atoms with Gasteiger partial charge < -0.3 is 9.80 Å². The summed E-state index contributed by atoms with van der Waals surface area (Å²) < 4.78 is 0. The van der Waals surface area contributed by atoms with Crippen LogP contribution in [0, 0.1) is 0 Å². The van der Waals surface area contributed by atoms with Gasteiger partial charge in [0.05, 0.1) is 6.42 Å². The average molecular weight is 351 g/mol. The van der Waals surface area contributed by atoms with Crippen molar-refractivity contribution in [3.8, 4) is 0 Å². The van der Waals surface area contributed by atoms with E-state index in [0.717, 1.165) is 18.5 Å². The van der Waals surface area contributed by atoms with Crippen LogP contribution in [-0.2, 0) is 22.4 Å². The molecule has 0 unspecified atom stereocenters. The van der Waals surface area contributed by atoms with Crippen molar-refractivity contribution in [1.82, 2.24) is 14.8 Å². The highest BCUT2D eigenvalue weighted by atomic mass is 16.2. The molecule has 0 saturated carbocycles. The largest absolute Gasteiger partial charge is 0.339 e. The van der Waals surface area contributed by atoms with E-state index in [1.807, 2.05) is 46.2 Å². The third kappa shape index (κ3) is 5.15. The van der Waals surface area contributed by atoms with E-state index in [0.29, 0.717) is 39.0 Å². The van der Waals surface area contributed by atoms with Gasteiger partial charge in [-0.15, -0.1) is 0 Å². The van der Waals surface area contributed by atoms with Crippen LogP contribution in [0.15, 0.2) is 54.7 Å². The molecule has 0 atom stereocenters. The van der Waals surface area contributed by atoms with E-state index in [1.165, 1.54) is 5.56 Å². The minimum Gasteiger partial charge on any atom is -0.339 e. The van der Waals surface area contributed by atoms with Gasteiger partial charge >= 0.3 is 0 Å². The predicted molar refractivity (Wildman–Crippen MR) is 100 cm³/mol. The number of carbonyl (C=O) groups is 2. The molecule has 0 radical (unpaired) electrons. The molecule has 2 aromatic rings. The summed E-state index contributed by atoms with van der Waals surface area (Å²) in [7, 11) is 0. The smallest absolute Gasteiger partial charge is 0.228 e. The van der Waals surface area contributed by atoms with E-state index in [1.54, 1.807) is 6.20 Å². The molecule has 1 saturated heterocycles. The summed E-state index contributed by atoms with van der Waals surface area (Å²) in [5.74, 6) is 0.276. The number of aryl methyl sites for hydroxylation is 1. The maximum atomic E-state index is 12.4. The lowest BCUT2D eigenvalue weighted by atomic mass is 10.1. The molecular formula is C21H25N3O2. The lowest BCUT2D eigenvalue weighted by Crippen LogP contribution is -2.51. The lowest BCUT2D eigenvalue weighted by molar-refractivity contribution is -0.139. The molecule has 1 aliphatic heterocycles. The molecule has 1 aromatic heterocycles. The minimum absolute atomic E-state index is 0.0832. The van der Waals surface area contributed by atoms with Crippen LogP contribution in [0.4, 0.5) is 0 Å². The van der Waals surface area contributed by atoms with Crippen molar-refractivity contribution in [2.45, 2.75) is 25.7 Å². The first-order valence-corrected chi connectivity index (χ1v) is 9.22. The van der Waals surface area contributed by atoms with Crippen molar-refractivity contribution in [1.29, 1.82) is 0 Å². The third-order valence-corrected chi connectivity index (χ3v) is 4.74. The Balaban J connectivity index is 1.38. The van der Waals surface area contributed by atoms with Gasteiger partial charge in [-0.3, -0.25) is 14.6 Å². The molecule has 136 valence electrons. The number of hydrogen-bond acceptors (Lipinski definition) is 3. The fourth-order valence-corrected chi connectivity index (χ4v) is 3.22. The Morgan fingerprint density at radius 3 is 2.15 bits per heavy atom. The summed E-state index contributed by atoms with van der Waals surface area (Å²) in [6.07, 6.45) is 4.38. The number of pyridine rings is 1. The first-order valence-electron chi connectivity index (χ1n) is 9.22. The van der Waals surface area contributed by atoms with Crippen molar-refractivity contribution in [3.63, 3.8) is 0 Å². The van der Waals surface area contributed by atoms with Gasteiger partial charge in [0.15, 0.2) is 0 Å². The van der Waals surface area contributed by atoms with Crippen LogP contribution in [-0.4, -0.2) is 52.8 Å². The molecule has 1 fully saturated rings. The van der Waals surface area contributed by atoms with E-state index in [-0.39, 0.29) is 11.8 Å². The van der Waals surface area contributed by atoms with Crippen LogP contribution in [0.2, 0.25) is 0 Å². The zero-order chi connectivity index (χ0) is 18.2. The van der Waals surface area contributed by atoms with Gasteiger partial charge in [-0.25, -0.2) is 0 Å². The van der Waals surface area contributed by atoms with Gasteiger partial charge in [-0.2, -0.15) is 0 Å². The Hall–Kier alpha value is -2.69. The molecule has 2 amide bonds. The number of nitrogens with zero attached hydrogens (tertiary/aromatic N) is 3. The summed E-state index contributed by atoms with van der Waals surface area (Å²) in [4.78, 5) is 32.6. The second kappa shape index (κ2) is 9.13. The second-order valence-electron chi connectivity index (χ2n) is 6.60. The lowest BCUT2D eigenvalue weighted by Gasteiger charge is -2.35. The average Bonchev–Trinajstić information content (AvgIpc) is 2.69. The Morgan fingerprint density at radius 1 is 0.846 bits per heavy atom. The van der Waals surface area contributed by atoms with Crippen LogP contribution in [0.5, 0.6) is 0 Å².